The first kappa shape index (κ1) is 28.8. The summed E-state index contributed by atoms with van der Waals surface area (Å²) in [7, 11) is 0. The second-order valence-corrected chi connectivity index (χ2v) is 12.5. The summed E-state index contributed by atoms with van der Waals surface area (Å²) >= 11 is 0. The summed E-state index contributed by atoms with van der Waals surface area (Å²) in [5.74, 6) is -6.59. The highest BCUT2D eigenvalue weighted by Gasteiger charge is 2.63. The molecule has 0 aromatic carbocycles. The number of carbonyl (C=O) groups excluding carboxylic acids is 5. The van der Waals surface area contributed by atoms with E-state index in [1.165, 1.54) is 4.90 Å². The van der Waals surface area contributed by atoms with Crippen LogP contribution in [0.4, 0.5) is 13.6 Å². The number of ether oxygens (including phenoxy) is 1. The van der Waals surface area contributed by atoms with Gasteiger partial charge in [0.05, 0.1) is 0 Å². The number of halogens is 2. The first-order chi connectivity index (χ1) is 16.8. The van der Waals surface area contributed by atoms with Crippen molar-refractivity contribution in [2.24, 2.45) is 5.41 Å². The van der Waals surface area contributed by atoms with Crippen molar-refractivity contribution in [3.63, 3.8) is 0 Å². The fraction of sp³-hybridized carbons (Fsp3) is 0.800. The van der Waals surface area contributed by atoms with E-state index in [1.807, 2.05) is 0 Å². The van der Waals surface area contributed by atoms with Gasteiger partial charge in [-0.05, 0) is 51.9 Å². The van der Waals surface area contributed by atoms with Crippen LogP contribution in [0.25, 0.3) is 0 Å². The third-order valence-electron chi connectivity index (χ3n) is 6.65. The largest absolute Gasteiger partial charge is 0.444 e. The van der Waals surface area contributed by atoms with Gasteiger partial charge in [0.25, 0.3) is 11.8 Å². The van der Waals surface area contributed by atoms with Crippen LogP contribution >= 0.6 is 0 Å². The standard InChI is InChI=1S/C25H38F2N4O6/c1-22(2,3)16(29-21(36)37-23(4,5)6)20(35)31-11-7-8-15(31)18(33)30-24(12-25(26,27)13-24)17(32)19(34)28-14-9-10-14/h14-16H,7-13H2,1-6H3,(H,28,34)(H,29,36)(H,30,33)/t15-,16+/m0/s1. The summed E-state index contributed by atoms with van der Waals surface area (Å²) < 4.78 is 33.1. The highest BCUT2D eigenvalue weighted by molar-refractivity contribution is 6.40. The molecule has 3 rings (SSSR count). The third-order valence-corrected chi connectivity index (χ3v) is 6.65. The number of amides is 4. The average Bonchev–Trinajstić information content (AvgIpc) is 3.38. The molecule has 0 bridgehead atoms. The Labute approximate surface area is 215 Å². The quantitative estimate of drug-likeness (QED) is 0.433. The number of carbonyl (C=O) groups is 5. The number of nitrogens with zero attached hydrogens (tertiary/aromatic N) is 1. The summed E-state index contributed by atoms with van der Waals surface area (Å²) in [6.07, 6.45) is -0.617. The topological polar surface area (TPSA) is 134 Å². The molecule has 0 aromatic heterocycles. The molecule has 1 heterocycles. The monoisotopic (exact) mass is 528 g/mol. The van der Waals surface area contributed by atoms with Crippen LogP contribution in [-0.2, 0) is 23.9 Å². The van der Waals surface area contributed by atoms with Crippen molar-refractivity contribution in [2.45, 2.75) is 115 Å². The van der Waals surface area contributed by atoms with Crippen molar-refractivity contribution in [1.29, 1.82) is 0 Å². The molecular weight excluding hydrogens is 490 g/mol. The number of likely N-dealkylation sites (tertiary alicyclic amines) is 1. The van der Waals surface area contributed by atoms with Crippen LogP contribution < -0.4 is 16.0 Å². The van der Waals surface area contributed by atoms with Gasteiger partial charge in [-0.25, -0.2) is 13.6 Å². The minimum absolute atomic E-state index is 0.153. The first-order valence-corrected chi connectivity index (χ1v) is 12.7. The number of ketones is 1. The number of rotatable bonds is 7. The third kappa shape index (κ3) is 6.95. The van der Waals surface area contributed by atoms with Crippen LogP contribution in [-0.4, -0.2) is 76.2 Å². The Bertz CT molecular complexity index is 959. The Kier molecular flexibility index (Phi) is 7.64. The average molecular weight is 529 g/mol. The summed E-state index contributed by atoms with van der Waals surface area (Å²) in [6, 6.07) is -2.23. The van der Waals surface area contributed by atoms with Crippen LogP contribution in [0.2, 0.25) is 0 Å². The molecule has 2 aliphatic carbocycles. The lowest BCUT2D eigenvalue weighted by Gasteiger charge is -2.46. The van der Waals surface area contributed by atoms with E-state index in [2.05, 4.69) is 16.0 Å². The molecule has 0 spiro atoms. The van der Waals surface area contributed by atoms with E-state index < -0.39 is 77.0 Å². The Morgan fingerprint density at radius 3 is 2.05 bits per heavy atom. The molecule has 208 valence electrons. The van der Waals surface area contributed by atoms with E-state index in [0.717, 1.165) is 0 Å². The summed E-state index contributed by atoms with van der Waals surface area (Å²) in [5, 5.41) is 7.49. The Balaban J connectivity index is 1.75. The molecule has 1 saturated heterocycles. The van der Waals surface area contributed by atoms with E-state index >= 15 is 0 Å². The predicted molar refractivity (Wildman–Crippen MR) is 129 cm³/mol. The zero-order valence-corrected chi connectivity index (χ0v) is 22.3. The van der Waals surface area contributed by atoms with Gasteiger partial charge >= 0.3 is 6.09 Å². The highest BCUT2D eigenvalue weighted by atomic mass is 19.3. The Morgan fingerprint density at radius 1 is 0.973 bits per heavy atom. The van der Waals surface area contributed by atoms with Crippen molar-refractivity contribution in [3.8, 4) is 0 Å². The van der Waals surface area contributed by atoms with Gasteiger partial charge in [0.1, 0.15) is 23.2 Å². The molecule has 1 aliphatic heterocycles. The van der Waals surface area contributed by atoms with Gasteiger partial charge in [-0.2, -0.15) is 0 Å². The predicted octanol–water partition coefficient (Wildman–Crippen LogP) is 2.05. The molecule has 10 nitrogen and oxygen atoms in total. The first-order valence-electron chi connectivity index (χ1n) is 12.7. The minimum Gasteiger partial charge on any atom is -0.444 e. The number of hydrogen-bond donors (Lipinski definition) is 3. The van der Waals surface area contributed by atoms with Crippen molar-refractivity contribution in [3.05, 3.63) is 0 Å². The molecule has 3 N–H and O–H groups in total. The summed E-state index contributed by atoms with van der Waals surface area (Å²) in [4.78, 5) is 65.7. The summed E-state index contributed by atoms with van der Waals surface area (Å²) in [6.45, 7) is 10.5. The van der Waals surface area contributed by atoms with E-state index in [9.17, 15) is 32.8 Å². The molecule has 3 aliphatic rings. The molecule has 2 atom stereocenters. The lowest BCUT2D eigenvalue weighted by atomic mass is 9.70. The van der Waals surface area contributed by atoms with Crippen LogP contribution in [0.5, 0.6) is 0 Å². The fourth-order valence-corrected chi connectivity index (χ4v) is 4.69. The van der Waals surface area contributed by atoms with Crippen molar-refractivity contribution < 1.29 is 37.5 Å². The molecule has 12 heteroatoms. The number of hydrogen-bond acceptors (Lipinski definition) is 6. The SMILES string of the molecule is CC(C)(C)OC(=O)N[C@H](C(=O)N1CCC[C@H]1C(=O)NC1(C(=O)C(=O)NC2CC2)CC(F)(F)C1)C(C)(C)C. The second kappa shape index (κ2) is 9.83. The molecule has 0 unspecified atom stereocenters. The molecule has 37 heavy (non-hydrogen) atoms. The van der Waals surface area contributed by atoms with Crippen LogP contribution in [0.15, 0.2) is 0 Å². The van der Waals surface area contributed by atoms with Crippen LogP contribution in [0.1, 0.15) is 80.1 Å². The van der Waals surface area contributed by atoms with E-state index in [4.69, 9.17) is 4.74 Å². The Morgan fingerprint density at radius 2 is 1.57 bits per heavy atom. The number of alkyl halides is 2. The normalized spacial score (nSPS) is 23.4. The smallest absolute Gasteiger partial charge is 0.408 e. The lowest BCUT2D eigenvalue weighted by Crippen LogP contribution is -2.71. The maximum absolute atomic E-state index is 13.9. The maximum atomic E-state index is 13.9. The van der Waals surface area contributed by atoms with Gasteiger partial charge in [-0.1, -0.05) is 20.8 Å². The molecule has 3 fully saturated rings. The summed E-state index contributed by atoms with van der Waals surface area (Å²) in [5.41, 5.74) is -3.55. The van der Waals surface area contributed by atoms with Crippen molar-refractivity contribution in [2.75, 3.05) is 6.54 Å². The number of nitrogens with one attached hydrogen (secondary N) is 3. The van der Waals surface area contributed by atoms with Crippen LogP contribution in [0, 0.1) is 5.41 Å². The molecule has 4 amide bonds. The zero-order valence-electron chi connectivity index (χ0n) is 22.3. The lowest BCUT2D eigenvalue weighted by molar-refractivity contribution is -0.169. The molecular formula is C25H38F2N4O6. The van der Waals surface area contributed by atoms with E-state index in [-0.39, 0.29) is 19.0 Å². The minimum atomic E-state index is -3.19. The van der Waals surface area contributed by atoms with Crippen molar-refractivity contribution >= 4 is 29.6 Å². The number of Topliss-reactive ketones (excluding diaryl/α,β-unsaturated/α-hetero) is 1. The molecule has 0 aromatic rings. The zero-order chi connectivity index (χ0) is 28.0. The van der Waals surface area contributed by atoms with Gasteiger partial charge in [-0.15, -0.1) is 0 Å². The van der Waals surface area contributed by atoms with Gasteiger partial charge in [0, 0.05) is 25.4 Å². The van der Waals surface area contributed by atoms with Gasteiger partial charge in [0.15, 0.2) is 0 Å². The second-order valence-electron chi connectivity index (χ2n) is 12.5. The molecule has 0 radical (unpaired) electrons. The van der Waals surface area contributed by atoms with Gasteiger partial charge < -0.3 is 25.6 Å². The van der Waals surface area contributed by atoms with E-state index in [0.29, 0.717) is 19.3 Å². The van der Waals surface area contributed by atoms with Gasteiger partial charge in [0.2, 0.25) is 17.6 Å². The van der Waals surface area contributed by atoms with Crippen LogP contribution in [0.3, 0.4) is 0 Å². The van der Waals surface area contributed by atoms with Crippen molar-refractivity contribution in [1.82, 2.24) is 20.9 Å². The number of alkyl carbamates (subject to hydrolysis) is 1. The fourth-order valence-electron chi connectivity index (χ4n) is 4.69. The maximum Gasteiger partial charge on any atom is 0.408 e. The highest BCUT2D eigenvalue weighted by Crippen LogP contribution is 2.46. The Hall–Kier alpha value is -2.79. The van der Waals surface area contributed by atoms with E-state index in [1.54, 1.807) is 41.5 Å². The molecule has 2 saturated carbocycles. The van der Waals surface area contributed by atoms with Gasteiger partial charge in [-0.3, -0.25) is 19.2 Å².